The van der Waals surface area contributed by atoms with Gasteiger partial charge in [0, 0.05) is 35.6 Å². The first-order chi connectivity index (χ1) is 16.5. The van der Waals surface area contributed by atoms with Crippen molar-refractivity contribution in [3.8, 4) is 17.3 Å². The van der Waals surface area contributed by atoms with Crippen LogP contribution >= 0.6 is 11.3 Å². The molecule has 2 amide bonds. The highest BCUT2D eigenvalue weighted by atomic mass is 32.1. The largest absolute Gasteiger partial charge is 0.349 e. The van der Waals surface area contributed by atoms with Gasteiger partial charge >= 0.3 is 0 Å². The average Bonchev–Trinajstić information content (AvgIpc) is 3.40. The van der Waals surface area contributed by atoms with Gasteiger partial charge in [0.05, 0.1) is 24.4 Å². The zero-order chi connectivity index (χ0) is 23.7. The molecule has 2 aliphatic rings. The second-order valence-electron chi connectivity index (χ2n) is 8.83. The van der Waals surface area contributed by atoms with Gasteiger partial charge in [-0.3, -0.25) is 9.59 Å². The van der Waals surface area contributed by atoms with Gasteiger partial charge in [-0.2, -0.15) is 5.26 Å². The summed E-state index contributed by atoms with van der Waals surface area (Å²) in [6.45, 7) is 2.91. The Morgan fingerprint density at radius 1 is 1.26 bits per heavy atom. The van der Waals surface area contributed by atoms with Gasteiger partial charge in [0.1, 0.15) is 28.3 Å². The van der Waals surface area contributed by atoms with Crippen LogP contribution in [0, 0.1) is 17.2 Å². The molecule has 1 aliphatic carbocycles. The van der Waals surface area contributed by atoms with E-state index in [1.165, 1.54) is 11.3 Å². The second-order valence-corrected chi connectivity index (χ2v) is 9.78. The van der Waals surface area contributed by atoms with Crippen molar-refractivity contribution in [2.24, 2.45) is 5.92 Å². The molecule has 34 heavy (non-hydrogen) atoms. The van der Waals surface area contributed by atoms with Crippen LogP contribution in [-0.2, 0) is 11.3 Å². The molecule has 1 aliphatic heterocycles. The highest BCUT2D eigenvalue weighted by molar-refractivity contribution is 7.09. The molecule has 5 rings (SSSR count). The zero-order valence-corrected chi connectivity index (χ0v) is 19.6. The van der Waals surface area contributed by atoms with Gasteiger partial charge < -0.3 is 15.2 Å². The molecule has 2 N–H and O–H groups in total. The van der Waals surface area contributed by atoms with Crippen molar-refractivity contribution in [2.75, 3.05) is 6.54 Å². The van der Waals surface area contributed by atoms with E-state index in [4.69, 9.17) is 5.26 Å². The summed E-state index contributed by atoms with van der Waals surface area (Å²) in [4.78, 5) is 44.1. The quantitative estimate of drug-likeness (QED) is 0.563. The van der Waals surface area contributed by atoms with E-state index in [9.17, 15) is 9.59 Å². The van der Waals surface area contributed by atoms with Crippen molar-refractivity contribution in [1.29, 1.82) is 5.26 Å². The Morgan fingerprint density at radius 2 is 2.12 bits per heavy atom. The van der Waals surface area contributed by atoms with E-state index in [1.54, 1.807) is 23.4 Å². The van der Waals surface area contributed by atoms with Gasteiger partial charge in [-0.1, -0.05) is 0 Å². The average molecular weight is 476 g/mol. The molecule has 3 aromatic rings. The number of piperidine rings is 1. The number of pyridine rings is 1. The molecule has 4 heterocycles. The van der Waals surface area contributed by atoms with Crippen LogP contribution in [0.2, 0.25) is 0 Å². The Balaban J connectivity index is 1.19. The van der Waals surface area contributed by atoms with Gasteiger partial charge in [-0.25, -0.2) is 15.0 Å². The van der Waals surface area contributed by atoms with Crippen LogP contribution in [0.1, 0.15) is 65.5 Å². The van der Waals surface area contributed by atoms with Crippen LogP contribution in [-0.4, -0.2) is 49.2 Å². The highest BCUT2D eigenvalue weighted by Gasteiger charge is 2.36. The first-order valence-corrected chi connectivity index (χ1v) is 12.4. The van der Waals surface area contributed by atoms with E-state index in [2.05, 4.69) is 25.3 Å². The zero-order valence-electron chi connectivity index (χ0n) is 18.8. The maximum absolute atomic E-state index is 13.1. The predicted molar refractivity (Wildman–Crippen MR) is 126 cm³/mol. The second kappa shape index (κ2) is 9.35. The third-order valence-corrected chi connectivity index (χ3v) is 7.36. The molecular formula is C24H25N7O2S. The molecule has 174 valence electrons. The van der Waals surface area contributed by atoms with Crippen LogP contribution in [0.4, 0.5) is 0 Å². The molecule has 0 unspecified atom stereocenters. The van der Waals surface area contributed by atoms with Crippen molar-refractivity contribution in [3.05, 3.63) is 52.1 Å². The summed E-state index contributed by atoms with van der Waals surface area (Å²) in [5.74, 6) is 0.918. The van der Waals surface area contributed by atoms with Crippen LogP contribution < -0.4 is 5.32 Å². The minimum absolute atomic E-state index is 0.0648. The number of thiazole rings is 1. The smallest absolute Gasteiger partial charge is 0.272 e. The molecule has 0 aromatic carbocycles. The lowest BCUT2D eigenvalue weighted by atomic mass is 9.89. The summed E-state index contributed by atoms with van der Waals surface area (Å²) in [5.41, 5.74) is 2.45. The molecule has 0 radical (unpaired) electrons. The minimum Gasteiger partial charge on any atom is -0.349 e. The first-order valence-electron chi connectivity index (χ1n) is 11.5. The van der Waals surface area contributed by atoms with Crippen molar-refractivity contribution in [3.63, 3.8) is 0 Å². The molecule has 10 heteroatoms. The third-order valence-electron chi connectivity index (χ3n) is 6.52. The molecule has 0 spiro atoms. The lowest BCUT2D eigenvalue weighted by Crippen LogP contribution is -2.51. The summed E-state index contributed by atoms with van der Waals surface area (Å²) in [5, 5.41) is 14.6. The van der Waals surface area contributed by atoms with E-state index in [0.717, 1.165) is 47.8 Å². The van der Waals surface area contributed by atoms with Crippen LogP contribution in [0.15, 0.2) is 29.9 Å². The lowest BCUT2D eigenvalue weighted by molar-refractivity contribution is -0.128. The molecule has 1 saturated carbocycles. The molecule has 9 nitrogen and oxygen atoms in total. The number of aromatic nitrogens is 4. The number of carbonyl (C=O) groups excluding carboxylic acids is 2. The molecule has 0 bridgehead atoms. The van der Waals surface area contributed by atoms with Crippen LogP contribution in [0.25, 0.3) is 11.3 Å². The summed E-state index contributed by atoms with van der Waals surface area (Å²) in [6.07, 6.45) is 7.01. The molecule has 2 atom stereocenters. The fourth-order valence-corrected chi connectivity index (χ4v) is 5.12. The molecule has 2 fully saturated rings. The summed E-state index contributed by atoms with van der Waals surface area (Å²) < 4.78 is 0. The number of hydrogen-bond acceptors (Lipinski definition) is 7. The van der Waals surface area contributed by atoms with E-state index in [0.29, 0.717) is 30.4 Å². The number of imidazole rings is 1. The monoisotopic (exact) mass is 475 g/mol. The van der Waals surface area contributed by atoms with Gasteiger partial charge in [0.2, 0.25) is 5.91 Å². The van der Waals surface area contributed by atoms with Gasteiger partial charge in [0.25, 0.3) is 5.91 Å². The molecular weight excluding hydrogens is 450 g/mol. The molecule has 3 aromatic heterocycles. The van der Waals surface area contributed by atoms with E-state index in [1.807, 2.05) is 24.4 Å². The fraction of sp³-hybridized carbons (Fsp3) is 0.417. The minimum atomic E-state index is -0.273. The predicted octanol–water partition coefficient (Wildman–Crippen LogP) is 3.23. The number of H-pyrrole nitrogens is 1. The Hall–Kier alpha value is -3.58. The SMILES string of the molecule is C[C@H]1[C@@H](C(=O)NCc2nc(-c3ccc(C#N)nc3)cs2)CCCN1C(=O)c1cnc(C2CC2)[nH]1. The number of aromatic amines is 1. The Bertz CT molecular complexity index is 1240. The number of rotatable bonds is 6. The van der Waals surface area contributed by atoms with Crippen molar-refractivity contribution in [2.45, 2.75) is 51.1 Å². The maximum Gasteiger partial charge on any atom is 0.272 e. The van der Waals surface area contributed by atoms with Crippen molar-refractivity contribution < 1.29 is 9.59 Å². The van der Waals surface area contributed by atoms with E-state index in [-0.39, 0.29) is 23.8 Å². The first kappa shape index (κ1) is 22.2. The maximum atomic E-state index is 13.1. The van der Waals surface area contributed by atoms with Gasteiger partial charge in [-0.15, -0.1) is 11.3 Å². The molecule has 1 saturated heterocycles. The number of hydrogen-bond donors (Lipinski definition) is 2. The normalized spacial score (nSPS) is 20.1. The van der Waals surface area contributed by atoms with Gasteiger partial charge in [-0.05, 0) is 44.7 Å². The van der Waals surface area contributed by atoms with Crippen molar-refractivity contribution in [1.82, 2.24) is 30.2 Å². The Kier molecular flexibility index (Phi) is 6.11. The number of nitrogens with one attached hydrogen (secondary N) is 2. The van der Waals surface area contributed by atoms with E-state index < -0.39 is 0 Å². The number of carbonyl (C=O) groups is 2. The van der Waals surface area contributed by atoms with Crippen molar-refractivity contribution >= 4 is 23.2 Å². The summed E-state index contributed by atoms with van der Waals surface area (Å²) in [7, 11) is 0. The standard InChI is InChI=1S/C24H25N7O2S/c1-14-18(3-2-8-31(14)24(33)19-11-27-22(30-19)15-4-5-15)23(32)28-12-21-29-20(13-34-21)16-6-7-17(9-25)26-10-16/h6-7,10-11,13-15,18H,2-5,8,12H2,1H3,(H,27,30)(H,28,32)/t14-,18-/m0/s1. The lowest BCUT2D eigenvalue weighted by Gasteiger charge is -2.38. The number of likely N-dealkylation sites (tertiary alicyclic amines) is 1. The number of nitriles is 1. The third kappa shape index (κ3) is 4.56. The van der Waals surface area contributed by atoms with Gasteiger partial charge in [0.15, 0.2) is 0 Å². The van der Waals surface area contributed by atoms with Crippen LogP contribution in [0.5, 0.6) is 0 Å². The fourth-order valence-electron chi connectivity index (χ4n) is 4.37. The number of amides is 2. The summed E-state index contributed by atoms with van der Waals surface area (Å²) >= 11 is 1.46. The topological polar surface area (TPSA) is 128 Å². The van der Waals surface area contributed by atoms with Crippen LogP contribution in [0.3, 0.4) is 0 Å². The Morgan fingerprint density at radius 3 is 2.85 bits per heavy atom. The van der Waals surface area contributed by atoms with E-state index >= 15 is 0 Å². The summed E-state index contributed by atoms with van der Waals surface area (Å²) in [6, 6.07) is 5.26. The highest BCUT2D eigenvalue weighted by Crippen LogP contribution is 2.38. The Labute approximate surface area is 201 Å². The number of nitrogens with zero attached hydrogens (tertiary/aromatic N) is 5.